The number of hydrogen-bond acceptors (Lipinski definition) is 3. The number of carbonyl (C=O) groups is 1. The third-order valence-electron chi connectivity index (χ3n) is 4.05. The van der Waals surface area contributed by atoms with Crippen molar-refractivity contribution in [3.63, 3.8) is 0 Å². The van der Waals surface area contributed by atoms with Gasteiger partial charge in [0.25, 0.3) is 5.91 Å². The zero-order valence-corrected chi connectivity index (χ0v) is 14.3. The molecule has 1 unspecified atom stereocenters. The molecule has 0 bridgehead atoms. The van der Waals surface area contributed by atoms with Gasteiger partial charge in [0.1, 0.15) is 5.75 Å². The minimum atomic E-state index is -0.136. The lowest BCUT2D eigenvalue weighted by Gasteiger charge is -2.14. The smallest absolute Gasteiger partial charge is 0.254 e. The Balaban J connectivity index is 1.62. The van der Waals surface area contributed by atoms with E-state index in [2.05, 4.69) is 10.4 Å². The molecule has 25 heavy (non-hydrogen) atoms. The summed E-state index contributed by atoms with van der Waals surface area (Å²) >= 11 is 0. The van der Waals surface area contributed by atoms with Crippen LogP contribution in [-0.2, 0) is 6.54 Å². The lowest BCUT2D eigenvalue weighted by atomic mass is 10.1. The number of carbonyl (C=O) groups excluding carboxylic acids is 1. The zero-order valence-electron chi connectivity index (χ0n) is 14.3. The fourth-order valence-electron chi connectivity index (χ4n) is 2.59. The zero-order chi connectivity index (χ0) is 17.6. The summed E-state index contributed by atoms with van der Waals surface area (Å²) in [6.45, 7) is 2.59. The summed E-state index contributed by atoms with van der Waals surface area (Å²) in [7, 11) is 1.63. The number of methoxy groups -OCH3 is 1. The van der Waals surface area contributed by atoms with Gasteiger partial charge in [-0.25, -0.2) is 0 Å². The van der Waals surface area contributed by atoms with E-state index in [1.54, 1.807) is 24.2 Å². The predicted octanol–water partition coefficient (Wildman–Crippen LogP) is 3.43. The Morgan fingerprint density at radius 3 is 2.56 bits per heavy atom. The monoisotopic (exact) mass is 335 g/mol. The topological polar surface area (TPSA) is 56.1 Å². The maximum Gasteiger partial charge on any atom is 0.254 e. The third kappa shape index (κ3) is 4.26. The van der Waals surface area contributed by atoms with Gasteiger partial charge in [-0.2, -0.15) is 5.10 Å². The van der Waals surface area contributed by atoms with Gasteiger partial charge in [-0.05, 0) is 30.2 Å². The number of nitrogens with one attached hydrogen (secondary N) is 1. The molecule has 0 aliphatic heterocycles. The first-order valence-electron chi connectivity index (χ1n) is 8.17. The van der Waals surface area contributed by atoms with Crippen molar-refractivity contribution in [2.45, 2.75) is 19.5 Å². The summed E-state index contributed by atoms with van der Waals surface area (Å²) in [5.41, 5.74) is 2.71. The summed E-state index contributed by atoms with van der Waals surface area (Å²) in [5, 5.41) is 7.27. The first-order chi connectivity index (χ1) is 12.2. The molecule has 0 saturated heterocycles. The molecule has 1 atom stereocenters. The van der Waals surface area contributed by atoms with Gasteiger partial charge in [-0.3, -0.25) is 9.48 Å². The standard InChI is InChI=1S/C20H21N3O2/c1-15(17-8-10-19(25-2)11-9-17)22-20(24)18-12-21-23(14-18)13-16-6-4-3-5-7-16/h3-12,14-15H,13H2,1-2H3,(H,22,24). The Hall–Kier alpha value is -3.08. The van der Waals surface area contributed by atoms with E-state index in [1.165, 1.54) is 0 Å². The van der Waals surface area contributed by atoms with Gasteiger partial charge < -0.3 is 10.1 Å². The van der Waals surface area contributed by atoms with Crippen LogP contribution in [0.5, 0.6) is 5.75 Å². The molecule has 3 aromatic rings. The summed E-state index contributed by atoms with van der Waals surface area (Å²) in [5.74, 6) is 0.659. The first-order valence-corrected chi connectivity index (χ1v) is 8.17. The number of hydrogen-bond donors (Lipinski definition) is 1. The molecule has 1 heterocycles. The van der Waals surface area contributed by atoms with E-state index in [9.17, 15) is 4.79 Å². The normalized spacial score (nSPS) is 11.8. The van der Waals surface area contributed by atoms with Crippen LogP contribution in [0.2, 0.25) is 0 Å². The second kappa shape index (κ2) is 7.66. The van der Waals surface area contributed by atoms with Gasteiger partial charge in [-0.15, -0.1) is 0 Å². The molecule has 5 heteroatoms. The molecule has 5 nitrogen and oxygen atoms in total. The molecule has 1 amide bonds. The quantitative estimate of drug-likeness (QED) is 0.751. The van der Waals surface area contributed by atoms with E-state index in [0.29, 0.717) is 12.1 Å². The predicted molar refractivity (Wildman–Crippen MR) is 96.6 cm³/mol. The van der Waals surface area contributed by atoms with Crippen LogP contribution in [-0.4, -0.2) is 22.8 Å². The molecule has 0 spiro atoms. The number of rotatable bonds is 6. The molecular formula is C20H21N3O2. The number of amides is 1. The van der Waals surface area contributed by atoms with E-state index in [1.807, 2.05) is 61.5 Å². The summed E-state index contributed by atoms with van der Waals surface area (Å²) in [4.78, 5) is 12.4. The van der Waals surface area contributed by atoms with Crippen molar-refractivity contribution < 1.29 is 9.53 Å². The van der Waals surface area contributed by atoms with Crippen LogP contribution in [0.4, 0.5) is 0 Å². The maximum atomic E-state index is 12.4. The molecule has 1 N–H and O–H groups in total. The minimum absolute atomic E-state index is 0.101. The van der Waals surface area contributed by atoms with Crippen molar-refractivity contribution in [1.82, 2.24) is 15.1 Å². The lowest BCUT2D eigenvalue weighted by Crippen LogP contribution is -2.26. The van der Waals surface area contributed by atoms with E-state index < -0.39 is 0 Å². The van der Waals surface area contributed by atoms with Crippen molar-refractivity contribution in [3.8, 4) is 5.75 Å². The fraction of sp³-hybridized carbons (Fsp3) is 0.200. The van der Waals surface area contributed by atoms with Gasteiger partial charge in [0, 0.05) is 6.20 Å². The van der Waals surface area contributed by atoms with Crippen molar-refractivity contribution in [1.29, 1.82) is 0 Å². The highest BCUT2D eigenvalue weighted by Crippen LogP contribution is 2.17. The molecule has 0 aliphatic rings. The maximum absolute atomic E-state index is 12.4. The third-order valence-corrected chi connectivity index (χ3v) is 4.05. The van der Waals surface area contributed by atoms with Gasteiger partial charge in [-0.1, -0.05) is 42.5 Å². The van der Waals surface area contributed by atoms with Crippen LogP contribution >= 0.6 is 0 Å². The van der Waals surface area contributed by atoms with Gasteiger partial charge in [0.2, 0.25) is 0 Å². The Bertz CT molecular complexity index is 826. The van der Waals surface area contributed by atoms with Crippen LogP contribution in [0.25, 0.3) is 0 Å². The molecule has 0 aliphatic carbocycles. The number of nitrogens with zero attached hydrogens (tertiary/aromatic N) is 2. The van der Waals surface area contributed by atoms with Crippen molar-refractivity contribution >= 4 is 5.91 Å². The van der Waals surface area contributed by atoms with Crippen LogP contribution in [0.3, 0.4) is 0 Å². The van der Waals surface area contributed by atoms with Gasteiger partial charge >= 0.3 is 0 Å². The van der Waals surface area contributed by atoms with Gasteiger partial charge in [0.15, 0.2) is 0 Å². The summed E-state index contributed by atoms with van der Waals surface area (Å²) < 4.78 is 6.92. The average molecular weight is 335 g/mol. The first kappa shape index (κ1) is 16.8. The Labute approximate surface area is 147 Å². The largest absolute Gasteiger partial charge is 0.497 e. The number of aromatic nitrogens is 2. The second-order valence-corrected chi connectivity index (χ2v) is 5.88. The Morgan fingerprint density at radius 1 is 1.16 bits per heavy atom. The number of ether oxygens (including phenoxy) is 1. The van der Waals surface area contributed by atoms with Crippen molar-refractivity contribution in [3.05, 3.63) is 83.7 Å². The molecule has 0 fully saturated rings. The average Bonchev–Trinajstić information content (AvgIpc) is 3.11. The highest BCUT2D eigenvalue weighted by Gasteiger charge is 2.13. The molecular weight excluding hydrogens is 314 g/mol. The van der Waals surface area contributed by atoms with E-state index in [0.717, 1.165) is 16.9 Å². The summed E-state index contributed by atoms with van der Waals surface area (Å²) in [6.07, 6.45) is 3.36. The highest BCUT2D eigenvalue weighted by molar-refractivity contribution is 5.93. The van der Waals surface area contributed by atoms with E-state index >= 15 is 0 Å². The van der Waals surface area contributed by atoms with Crippen LogP contribution in [0, 0.1) is 0 Å². The Morgan fingerprint density at radius 2 is 1.88 bits per heavy atom. The molecule has 0 saturated carbocycles. The second-order valence-electron chi connectivity index (χ2n) is 5.88. The van der Waals surface area contributed by atoms with E-state index in [-0.39, 0.29) is 11.9 Å². The highest BCUT2D eigenvalue weighted by atomic mass is 16.5. The fourth-order valence-corrected chi connectivity index (χ4v) is 2.59. The molecule has 3 rings (SSSR count). The molecule has 1 aromatic heterocycles. The van der Waals surface area contributed by atoms with Crippen LogP contribution < -0.4 is 10.1 Å². The van der Waals surface area contributed by atoms with Gasteiger partial charge in [0.05, 0.1) is 31.5 Å². The van der Waals surface area contributed by atoms with Crippen LogP contribution in [0.1, 0.15) is 34.5 Å². The lowest BCUT2D eigenvalue weighted by molar-refractivity contribution is 0.0940. The molecule has 128 valence electrons. The summed E-state index contributed by atoms with van der Waals surface area (Å²) in [6, 6.07) is 17.6. The molecule has 0 radical (unpaired) electrons. The number of benzene rings is 2. The minimum Gasteiger partial charge on any atom is -0.497 e. The molecule has 2 aromatic carbocycles. The van der Waals surface area contributed by atoms with E-state index in [4.69, 9.17) is 4.74 Å². The Kier molecular flexibility index (Phi) is 5.14. The van der Waals surface area contributed by atoms with Crippen molar-refractivity contribution in [2.24, 2.45) is 0 Å². The van der Waals surface area contributed by atoms with Crippen molar-refractivity contribution in [2.75, 3.05) is 7.11 Å². The van der Waals surface area contributed by atoms with Crippen LogP contribution in [0.15, 0.2) is 67.0 Å². The SMILES string of the molecule is COc1ccc(C(C)NC(=O)c2cnn(Cc3ccccc3)c2)cc1.